The zero-order chi connectivity index (χ0) is 13.7. The third kappa shape index (κ3) is 3.93. The van der Waals surface area contributed by atoms with E-state index in [0.717, 1.165) is 36.9 Å². The summed E-state index contributed by atoms with van der Waals surface area (Å²) in [6.45, 7) is 6.64. The molecule has 4 atom stereocenters. The van der Waals surface area contributed by atoms with Gasteiger partial charge in [0.25, 0.3) is 0 Å². The molecule has 3 nitrogen and oxygen atoms in total. The van der Waals surface area contributed by atoms with Crippen molar-refractivity contribution in [2.24, 2.45) is 23.5 Å². The molecule has 0 aromatic heterocycles. The molecule has 1 saturated heterocycles. The molecule has 19 heavy (non-hydrogen) atoms. The van der Waals surface area contributed by atoms with E-state index in [9.17, 15) is 0 Å². The standard InChI is InChI=1S/C16H32N2O/c1-3-13-6-7-15(10-17)16(9-13)18-8-4-5-14(11-18)12-19-2/h13-16H,3-12,17H2,1-2H3. The number of nitrogens with two attached hydrogens (primary N) is 1. The smallest absolute Gasteiger partial charge is 0.0502 e. The monoisotopic (exact) mass is 268 g/mol. The third-order valence-electron chi connectivity index (χ3n) is 5.37. The van der Waals surface area contributed by atoms with Crippen LogP contribution >= 0.6 is 0 Å². The predicted molar refractivity (Wildman–Crippen MR) is 80.1 cm³/mol. The maximum atomic E-state index is 6.03. The van der Waals surface area contributed by atoms with E-state index in [4.69, 9.17) is 10.5 Å². The van der Waals surface area contributed by atoms with E-state index < -0.39 is 0 Å². The van der Waals surface area contributed by atoms with Crippen LogP contribution in [0, 0.1) is 17.8 Å². The minimum absolute atomic E-state index is 0.726. The Morgan fingerprint density at radius 2 is 2.05 bits per heavy atom. The predicted octanol–water partition coefficient (Wildman–Crippen LogP) is 2.50. The largest absolute Gasteiger partial charge is 0.384 e. The third-order valence-corrected chi connectivity index (χ3v) is 5.37. The van der Waals surface area contributed by atoms with Crippen LogP contribution in [0.15, 0.2) is 0 Å². The topological polar surface area (TPSA) is 38.5 Å². The minimum atomic E-state index is 0.726. The van der Waals surface area contributed by atoms with Gasteiger partial charge in [-0.25, -0.2) is 0 Å². The van der Waals surface area contributed by atoms with Crippen LogP contribution in [0.4, 0.5) is 0 Å². The van der Waals surface area contributed by atoms with Gasteiger partial charge in [-0.1, -0.05) is 19.8 Å². The van der Waals surface area contributed by atoms with Crippen molar-refractivity contribution in [3.05, 3.63) is 0 Å². The number of likely N-dealkylation sites (tertiary alicyclic amines) is 1. The molecule has 2 N–H and O–H groups in total. The van der Waals surface area contributed by atoms with Gasteiger partial charge in [0.2, 0.25) is 0 Å². The number of methoxy groups -OCH3 is 1. The molecule has 4 unspecified atom stereocenters. The van der Waals surface area contributed by atoms with Gasteiger partial charge < -0.3 is 10.5 Å². The summed E-state index contributed by atoms with van der Waals surface area (Å²) in [6, 6.07) is 0.739. The van der Waals surface area contributed by atoms with Gasteiger partial charge in [0.15, 0.2) is 0 Å². The molecule has 1 heterocycles. The van der Waals surface area contributed by atoms with Crippen molar-refractivity contribution in [3.63, 3.8) is 0 Å². The summed E-state index contributed by atoms with van der Waals surface area (Å²) < 4.78 is 5.36. The molecule has 0 radical (unpaired) electrons. The molecule has 1 aliphatic carbocycles. The van der Waals surface area contributed by atoms with Crippen LogP contribution in [0.3, 0.4) is 0 Å². The summed E-state index contributed by atoms with van der Waals surface area (Å²) >= 11 is 0. The molecule has 0 aromatic rings. The fraction of sp³-hybridized carbons (Fsp3) is 1.00. The van der Waals surface area contributed by atoms with Crippen LogP contribution in [0.2, 0.25) is 0 Å². The molecular formula is C16H32N2O. The second-order valence-corrected chi connectivity index (χ2v) is 6.61. The van der Waals surface area contributed by atoms with Crippen LogP contribution in [0.1, 0.15) is 45.4 Å². The van der Waals surface area contributed by atoms with E-state index in [0.29, 0.717) is 0 Å². The summed E-state index contributed by atoms with van der Waals surface area (Å²) in [5.74, 6) is 2.39. The summed E-state index contributed by atoms with van der Waals surface area (Å²) in [4.78, 5) is 2.74. The van der Waals surface area contributed by atoms with Crippen LogP contribution in [-0.4, -0.2) is 44.3 Å². The number of hydrogen-bond acceptors (Lipinski definition) is 3. The maximum Gasteiger partial charge on any atom is 0.0502 e. The minimum Gasteiger partial charge on any atom is -0.384 e. The van der Waals surface area contributed by atoms with Crippen molar-refractivity contribution in [2.45, 2.75) is 51.5 Å². The van der Waals surface area contributed by atoms with E-state index in [2.05, 4.69) is 11.8 Å². The van der Waals surface area contributed by atoms with Crippen molar-refractivity contribution in [2.75, 3.05) is 33.4 Å². The fourth-order valence-electron chi connectivity index (χ4n) is 4.16. The molecule has 2 aliphatic rings. The molecule has 112 valence electrons. The van der Waals surface area contributed by atoms with E-state index >= 15 is 0 Å². The number of piperidine rings is 1. The van der Waals surface area contributed by atoms with Crippen molar-refractivity contribution in [1.82, 2.24) is 4.90 Å². The van der Waals surface area contributed by atoms with Gasteiger partial charge in [-0.2, -0.15) is 0 Å². The molecule has 3 heteroatoms. The molecule has 0 bridgehead atoms. The lowest BCUT2D eigenvalue weighted by molar-refractivity contribution is 0.0245. The molecule has 2 fully saturated rings. The summed E-state index contributed by atoms with van der Waals surface area (Å²) in [6.07, 6.45) is 8.11. The first-order chi connectivity index (χ1) is 9.28. The number of nitrogens with zero attached hydrogens (tertiary/aromatic N) is 1. The second-order valence-electron chi connectivity index (χ2n) is 6.61. The fourth-order valence-corrected chi connectivity index (χ4v) is 4.16. The van der Waals surface area contributed by atoms with Gasteiger partial charge in [0.1, 0.15) is 0 Å². The van der Waals surface area contributed by atoms with E-state index in [1.807, 2.05) is 7.11 Å². The highest BCUT2D eigenvalue weighted by molar-refractivity contribution is 4.89. The molecule has 1 saturated carbocycles. The normalized spacial score (nSPS) is 37.4. The molecule has 0 spiro atoms. The van der Waals surface area contributed by atoms with Crippen molar-refractivity contribution < 1.29 is 4.74 Å². The Bertz CT molecular complexity index is 257. The van der Waals surface area contributed by atoms with Crippen molar-refractivity contribution in [1.29, 1.82) is 0 Å². The van der Waals surface area contributed by atoms with Crippen molar-refractivity contribution in [3.8, 4) is 0 Å². The Kier molecular flexibility index (Phi) is 6.11. The number of ether oxygens (including phenoxy) is 1. The van der Waals surface area contributed by atoms with E-state index in [1.165, 1.54) is 51.6 Å². The van der Waals surface area contributed by atoms with Gasteiger partial charge in [0.05, 0.1) is 6.61 Å². The average Bonchev–Trinajstić information content (AvgIpc) is 2.47. The van der Waals surface area contributed by atoms with Crippen LogP contribution < -0.4 is 5.73 Å². The highest BCUT2D eigenvalue weighted by Crippen LogP contribution is 2.35. The summed E-state index contributed by atoms with van der Waals surface area (Å²) in [7, 11) is 1.83. The van der Waals surface area contributed by atoms with E-state index in [1.54, 1.807) is 0 Å². The Morgan fingerprint density at radius 3 is 2.74 bits per heavy atom. The molecule has 0 amide bonds. The van der Waals surface area contributed by atoms with Gasteiger partial charge in [-0.05, 0) is 56.5 Å². The molecular weight excluding hydrogens is 236 g/mol. The zero-order valence-corrected chi connectivity index (χ0v) is 12.8. The van der Waals surface area contributed by atoms with Crippen LogP contribution in [0.5, 0.6) is 0 Å². The first kappa shape index (κ1) is 15.3. The Morgan fingerprint density at radius 1 is 1.21 bits per heavy atom. The van der Waals surface area contributed by atoms with Crippen molar-refractivity contribution >= 4 is 0 Å². The first-order valence-corrected chi connectivity index (χ1v) is 8.21. The SMILES string of the molecule is CCC1CCC(CN)C(N2CCCC(COC)C2)C1. The zero-order valence-electron chi connectivity index (χ0n) is 12.8. The maximum absolute atomic E-state index is 6.03. The van der Waals surface area contributed by atoms with Gasteiger partial charge >= 0.3 is 0 Å². The first-order valence-electron chi connectivity index (χ1n) is 8.21. The number of rotatable bonds is 5. The number of hydrogen-bond donors (Lipinski definition) is 1. The highest BCUT2D eigenvalue weighted by atomic mass is 16.5. The van der Waals surface area contributed by atoms with Crippen LogP contribution in [0.25, 0.3) is 0 Å². The average molecular weight is 268 g/mol. The van der Waals surface area contributed by atoms with Gasteiger partial charge in [0, 0.05) is 19.7 Å². The highest BCUT2D eigenvalue weighted by Gasteiger charge is 2.35. The molecule has 0 aromatic carbocycles. The van der Waals surface area contributed by atoms with Crippen LogP contribution in [-0.2, 0) is 4.74 Å². The summed E-state index contributed by atoms with van der Waals surface area (Å²) in [5.41, 5.74) is 6.03. The van der Waals surface area contributed by atoms with Gasteiger partial charge in [-0.3, -0.25) is 4.90 Å². The Hall–Kier alpha value is -0.120. The molecule has 1 aliphatic heterocycles. The lowest BCUT2D eigenvalue weighted by Crippen LogP contribution is -2.51. The molecule has 2 rings (SSSR count). The lowest BCUT2D eigenvalue weighted by Gasteiger charge is -2.45. The Labute approximate surface area is 118 Å². The quantitative estimate of drug-likeness (QED) is 0.832. The second kappa shape index (κ2) is 7.61. The van der Waals surface area contributed by atoms with Gasteiger partial charge in [-0.15, -0.1) is 0 Å². The van der Waals surface area contributed by atoms with E-state index in [-0.39, 0.29) is 0 Å². The summed E-state index contributed by atoms with van der Waals surface area (Å²) in [5, 5.41) is 0. The Balaban J connectivity index is 1.95. The lowest BCUT2D eigenvalue weighted by atomic mass is 9.76.